The molecular weight excluding hydrogens is 212 g/mol. The van der Waals surface area contributed by atoms with Crippen molar-refractivity contribution in [1.29, 1.82) is 0 Å². The van der Waals surface area contributed by atoms with E-state index in [2.05, 4.69) is 24.6 Å². The molecule has 0 saturated heterocycles. The third-order valence-electron chi connectivity index (χ3n) is 4.55. The van der Waals surface area contributed by atoms with Crippen molar-refractivity contribution in [2.24, 2.45) is 22.7 Å². The standard InChI is InChI=1S/C13H26N4/c1-9-7-8-12(10(9)2)16-13(17-14)15-11-5-3-4-6-11/h9-12H,3-8,14H2,1-2H3,(H2,15,16,17). The molecule has 2 saturated carbocycles. The van der Waals surface area contributed by atoms with E-state index < -0.39 is 0 Å². The molecule has 0 radical (unpaired) electrons. The molecule has 0 aliphatic heterocycles. The van der Waals surface area contributed by atoms with E-state index in [0.29, 0.717) is 18.0 Å². The summed E-state index contributed by atoms with van der Waals surface area (Å²) >= 11 is 0. The lowest BCUT2D eigenvalue weighted by molar-refractivity contribution is 0.421. The van der Waals surface area contributed by atoms with Crippen LogP contribution in [0.2, 0.25) is 0 Å². The van der Waals surface area contributed by atoms with Crippen molar-refractivity contribution in [3.63, 3.8) is 0 Å². The molecule has 0 bridgehead atoms. The highest BCUT2D eigenvalue weighted by molar-refractivity contribution is 5.79. The van der Waals surface area contributed by atoms with E-state index >= 15 is 0 Å². The third-order valence-corrected chi connectivity index (χ3v) is 4.55. The number of nitrogens with two attached hydrogens (primary N) is 1. The van der Waals surface area contributed by atoms with Crippen molar-refractivity contribution in [3.05, 3.63) is 0 Å². The minimum atomic E-state index is 0.435. The largest absolute Gasteiger partial charge is 0.353 e. The predicted octanol–water partition coefficient (Wildman–Crippen LogP) is 1.77. The molecule has 2 aliphatic rings. The summed E-state index contributed by atoms with van der Waals surface area (Å²) in [7, 11) is 0. The van der Waals surface area contributed by atoms with Crippen LogP contribution in [0.4, 0.5) is 0 Å². The van der Waals surface area contributed by atoms with Crippen molar-refractivity contribution in [1.82, 2.24) is 10.7 Å². The molecule has 2 rings (SSSR count). The van der Waals surface area contributed by atoms with Gasteiger partial charge in [-0.05, 0) is 37.5 Å². The Morgan fingerprint density at radius 2 is 1.82 bits per heavy atom. The Hall–Kier alpha value is -0.770. The zero-order chi connectivity index (χ0) is 12.3. The Labute approximate surface area is 104 Å². The monoisotopic (exact) mass is 238 g/mol. The Balaban J connectivity index is 1.92. The lowest BCUT2D eigenvalue weighted by atomic mass is 9.98. The van der Waals surface area contributed by atoms with Gasteiger partial charge in [-0.2, -0.15) is 0 Å². The molecular formula is C13H26N4. The number of hydrogen-bond donors (Lipinski definition) is 3. The molecule has 0 heterocycles. The van der Waals surface area contributed by atoms with E-state index in [4.69, 9.17) is 10.8 Å². The molecule has 0 spiro atoms. The highest BCUT2D eigenvalue weighted by atomic mass is 15.3. The molecule has 0 aromatic heterocycles. The number of hydrazine groups is 1. The van der Waals surface area contributed by atoms with Crippen LogP contribution in [0.1, 0.15) is 52.4 Å². The molecule has 98 valence electrons. The maximum Gasteiger partial charge on any atom is 0.206 e. The lowest BCUT2D eigenvalue weighted by Gasteiger charge is -2.19. The van der Waals surface area contributed by atoms with Crippen LogP contribution in [-0.4, -0.2) is 18.0 Å². The second kappa shape index (κ2) is 5.71. The van der Waals surface area contributed by atoms with Gasteiger partial charge in [-0.15, -0.1) is 0 Å². The number of guanidine groups is 1. The zero-order valence-electron chi connectivity index (χ0n) is 11.1. The van der Waals surface area contributed by atoms with Crippen LogP contribution in [-0.2, 0) is 0 Å². The first-order valence-corrected chi connectivity index (χ1v) is 7.01. The summed E-state index contributed by atoms with van der Waals surface area (Å²) in [6.07, 6.45) is 7.63. The van der Waals surface area contributed by atoms with Gasteiger partial charge in [0.15, 0.2) is 0 Å². The van der Waals surface area contributed by atoms with Crippen molar-refractivity contribution >= 4 is 5.96 Å². The molecule has 4 nitrogen and oxygen atoms in total. The Kier molecular flexibility index (Phi) is 4.26. The topological polar surface area (TPSA) is 62.4 Å². The van der Waals surface area contributed by atoms with Crippen molar-refractivity contribution in [3.8, 4) is 0 Å². The summed E-state index contributed by atoms with van der Waals surface area (Å²) in [5.74, 6) is 7.82. The second-order valence-electron chi connectivity index (χ2n) is 5.73. The van der Waals surface area contributed by atoms with Gasteiger partial charge in [0.1, 0.15) is 0 Å². The number of nitrogens with one attached hydrogen (secondary N) is 2. The van der Waals surface area contributed by atoms with Crippen LogP contribution in [0.3, 0.4) is 0 Å². The van der Waals surface area contributed by atoms with Crippen LogP contribution in [0, 0.1) is 11.8 Å². The maximum atomic E-state index is 5.57. The van der Waals surface area contributed by atoms with Gasteiger partial charge in [0, 0.05) is 6.04 Å². The predicted molar refractivity (Wildman–Crippen MR) is 71.5 cm³/mol. The Morgan fingerprint density at radius 1 is 1.12 bits per heavy atom. The fraction of sp³-hybridized carbons (Fsp3) is 0.923. The van der Waals surface area contributed by atoms with E-state index in [1.165, 1.54) is 38.5 Å². The second-order valence-corrected chi connectivity index (χ2v) is 5.73. The summed E-state index contributed by atoms with van der Waals surface area (Å²) in [5.41, 5.74) is 2.73. The Bertz CT molecular complexity index is 271. The van der Waals surface area contributed by atoms with Crippen LogP contribution in [0.5, 0.6) is 0 Å². The molecule has 3 unspecified atom stereocenters. The molecule has 0 aromatic rings. The number of aliphatic imine (C=N–C) groups is 1. The zero-order valence-corrected chi connectivity index (χ0v) is 11.1. The highest BCUT2D eigenvalue weighted by Gasteiger charge is 2.30. The van der Waals surface area contributed by atoms with Gasteiger partial charge in [-0.1, -0.05) is 26.7 Å². The van der Waals surface area contributed by atoms with Crippen LogP contribution >= 0.6 is 0 Å². The molecule has 2 fully saturated rings. The first-order valence-electron chi connectivity index (χ1n) is 7.01. The summed E-state index contributed by atoms with van der Waals surface area (Å²) < 4.78 is 0. The quantitative estimate of drug-likeness (QED) is 0.297. The van der Waals surface area contributed by atoms with Gasteiger partial charge in [-0.3, -0.25) is 5.43 Å². The summed E-state index contributed by atoms with van der Waals surface area (Å²) in [5, 5.41) is 3.44. The first kappa shape index (κ1) is 12.7. The lowest BCUT2D eigenvalue weighted by Crippen LogP contribution is -2.46. The number of rotatable bonds is 2. The third kappa shape index (κ3) is 3.12. The van der Waals surface area contributed by atoms with Gasteiger partial charge < -0.3 is 5.32 Å². The SMILES string of the molecule is CC1CCC(N=C(NN)NC2CCCC2)C1C. The molecule has 0 amide bonds. The van der Waals surface area contributed by atoms with Crippen molar-refractivity contribution in [2.45, 2.75) is 64.5 Å². The van der Waals surface area contributed by atoms with E-state index in [9.17, 15) is 0 Å². The molecule has 3 atom stereocenters. The smallest absolute Gasteiger partial charge is 0.206 e. The average molecular weight is 238 g/mol. The van der Waals surface area contributed by atoms with Crippen molar-refractivity contribution in [2.75, 3.05) is 0 Å². The fourth-order valence-corrected chi connectivity index (χ4v) is 3.07. The molecule has 17 heavy (non-hydrogen) atoms. The Morgan fingerprint density at radius 3 is 2.35 bits per heavy atom. The van der Waals surface area contributed by atoms with E-state index in [1.54, 1.807) is 0 Å². The minimum absolute atomic E-state index is 0.435. The summed E-state index contributed by atoms with van der Waals surface area (Å²) in [6, 6.07) is 1.00. The first-order chi connectivity index (χ1) is 8.20. The molecule has 0 aromatic carbocycles. The molecule has 2 aliphatic carbocycles. The van der Waals surface area contributed by atoms with Gasteiger partial charge in [-0.25, -0.2) is 10.8 Å². The van der Waals surface area contributed by atoms with E-state index in [0.717, 1.165) is 11.9 Å². The van der Waals surface area contributed by atoms with Crippen LogP contribution in [0.15, 0.2) is 4.99 Å². The van der Waals surface area contributed by atoms with Crippen molar-refractivity contribution < 1.29 is 0 Å². The normalized spacial score (nSPS) is 35.2. The maximum absolute atomic E-state index is 5.57. The van der Waals surface area contributed by atoms with Gasteiger partial charge in [0.05, 0.1) is 6.04 Å². The fourth-order valence-electron chi connectivity index (χ4n) is 3.07. The minimum Gasteiger partial charge on any atom is -0.353 e. The van der Waals surface area contributed by atoms with Crippen LogP contribution in [0.25, 0.3) is 0 Å². The average Bonchev–Trinajstić information content (AvgIpc) is 2.93. The van der Waals surface area contributed by atoms with Crippen LogP contribution < -0.4 is 16.6 Å². The molecule has 4 N–H and O–H groups in total. The van der Waals surface area contributed by atoms with E-state index in [1.807, 2.05) is 0 Å². The highest BCUT2D eigenvalue weighted by Crippen LogP contribution is 2.33. The number of hydrogen-bond acceptors (Lipinski definition) is 2. The summed E-state index contributed by atoms with van der Waals surface area (Å²) in [4.78, 5) is 4.76. The van der Waals surface area contributed by atoms with E-state index in [-0.39, 0.29) is 0 Å². The molecule has 4 heteroatoms. The summed E-state index contributed by atoms with van der Waals surface area (Å²) in [6.45, 7) is 4.62. The van der Waals surface area contributed by atoms with Gasteiger partial charge in [0.25, 0.3) is 0 Å². The van der Waals surface area contributed by atoms with Gasteiger partial charge >= 0.3 is 0 Å². The number of nitrogens with zero attached hydrogens (tertiary/aromatic N) is 1. The van der Waals surface area contributed by atoms with Gasteiger partial charge in [0.2, 0.25) is 5.96 Å².